The van der Waals surface area contributed by atoms with E-state index in [1.165, 1.54) is 31.6 Å². The van der Waals surface area contributed by atoms with E-state index in [1.54, 1.807) is 0 Å². The first-order valence-electron chi connectivity index (χ1n) is 6.69. The molecule has 20 heavy (non-hydrogen) atoms. The van der Waals surface area contributed by atoms with Crippen LogP contribution in [0.2, 0.25) is 0 Å². The Labute approximate surface area is 118 Å². The summed E-state index contributed by atoms with van der Waals surface area (Å²) in [6, 6.07) is 5.17. The predicted molar refractivity (Wildman–Crippen MR) is 73.6 cm³/mol. The molecule has 1 aliphatic carbocycles. The molecule has 1 atom stereocenters. The van der Waals surface area contributed by atoms with Crippen LogP contribution in [-0.2, 0) is 27.2 Å². The summed E-state index contributed by atoms with van der Waals surface area (Å²) in [5.41, 5.74) is 2.67. The summed E-state index contributed by atoms with van der Waals surface area (Å²) in [5, 5.41) is 2.51. The normalized spacial score (nSPS) is 14.3. The topological polar surface area (TPSA) is 64.6 Å². The summed E-state index contributed by atoms with van der Waals surface area (Å²) < 4.78 is 10.2. The van der Waals surface area contributed by atoms with Crippen molar-refractivity contribution in [2.45, 2.75) is 32.2 Å². The second kappa shape index (κ2) is 6.41. The molecule has 1 aliphatic rings. The molecule has 1 unspecified atom stereocenters. The van der Waals surface area contributed by atoms with Crippen LogP contribution in [0.15, 0.2) is 18.2 Å². The minimum absolute atomic E-state index is 0.0606. The maximum atomic E-state index is 11.5. The minimum Gasteiger partial charge on any atom is -0.491 e. The summed E-state index contributed by atoms with van der Waals surface area (Å²) in [6.45, 7) is 1.41. The molecule has 5 nitrogen and oxygen atoms in total. The van der Waals surface area contributed by atoms with Crippen LogP contribution >= 0.6 is 0 Å². The number of carbonyl (C=O) groups is 2. The zero-order valence-corrected chi connectivity index (χ0v) is 11.8. The van der Waals surface area contributed by atoms with Gasteiger partial charge in [0, 0.05) is 6.92 Å². The van der Waals surface area contributed by atoms with Crippen molar-refractivity contribution in [3.8, 4) is 5.75 Å². The van der Waals surface area contributed by atoms with Crippen LogP contribution in [-0.4, -0.2) is 31.6 Å². The van der Waals surface area contributed by atoms with Crippen molar-refractivity contribution in [2.75, 3.05) is 13.7 Å². The van der Waals surface area contributed by atoms with Crippen LogP contribution in [0.1, 0.15) is 24.5 Å². The van der Waals surface area contributed by atoms with Gasteiger partial charge >= 0.3 is 5.97 Å². The Morgan fingerprint density at radius 3 is 2.75 bits per heavy atom. The van der Waals surface area contributed by atoms with Crippen LogP contribution in [0.4, 0.5) is 0 Å². The van der Waals surface area contributed by atoms with Crippen molar-refractivity contribution in [2.24, 2.45) is 0 Å². The predicted octanol–water partition coefficient (Wildman–Crippen LogP) is 1.23. The van der Waals surface area contributed by atoms with Gasteiger partial charge in [0.1, 0.15) is 12.4 Å². The van der Waals surface area contributed by atoms with E-state index in [2.05, 4.69) is 16.1 Å². The second-order valence-electron chi connectivity index (χ2n) is 4.87. The smallest absolute Gasteiger partial charge is 0.331 e. The van der Waals surface area contributed by atoms with Crippen molar-refractivity contribution in [1.82, 2.24) is 5.32 Å². The number of esters is 1. The third-order valence-electron chi connectivity index (χ3n) is 3.35. The Morgan fingerprint density at radius 1 is 1.30 bits per heavy atom. The average Bonchev–Trinajstić information content (AvgIpc) is 2.89. The molecular weight excluding hydrogens is 258 g/mol. The minimum atomic E-state index is -0.786. The third-order valence-corrected chi connectivity index (χ3v) is 3.35. The lowest BCUT2D eigenvalue weighted by molar-refractivity contribution is -0.145. The number of carbonyl (C=O) groups excluding carboxylic acids is 2. The number of methoxy groups -OCH3 is 1. The number of benzene rings is 1. The first-order chi connectivity index (χ1) is 9.60. The number of hydrogen-bond acceptors (Lipinski definition) is 4. The van der Waals surface area contributed by atoms with Gasteiger partial charge in [0.05, 0.1) is 7.11 Å². The lowest BCUT2D eigenvalue weighted by Crippen LogP contribution is -2.44. The van der Waals surface area contributed by atoms with Gasteiger partial charge in [0.15, 0.2) is 6.04 Å². The molecule has 5 heteroatoms. The van der Waals surface area contributed by atoms with Crippen molar-refractivity contribution in [3.05, 3.63) is 29.3 Å². The van der Waals surface area contributed by atoms with Crippen molar-refractivity contribution in [3.63, 3.8) is 0 Å². The van der Waals surface area contributed by atoms with Crippen LogP contribution in [0.5, 0.6) is 5.75 Å². The van der Waals surface area contributed by atoms with Crippen molar-refractivity contribution in [1.29, 1.82) is 0 Å². The molecule has 0 aliphatic heterocycles. The van der Waals surface area contributed by atoms with Crippen LogP contribution in [0.25, 0.3) is 0 Å². The highest BCUT2D eigenvalue weighted by molar-refractivity contribution is 5.83. The van der Waals surface area contributed by atoms with Crippen molar-refractivity contribution >= 4 is 11.9 Å². The molecule has 1 amide bonds. The highest BCUT2D eigenvalue weighted by atomic mass is 16.5. The van der Waals surface area contributed by atoms with Crippen LogP contribution in [0, 0.1) is 0 Å². The molecule has 1 aromatic carbocycles. The molecule has 0 saturated heterocycles. The Morgan fingerprint density at radius 2 is 2.05 bits per heavy atom. The maximum Gasteiger partial charge on any atom is 0.331 e. The average molecular weight is 277 g/mol. The number of nitrogens with one attached hydrogen (secondary N) is 1. The Hall–Kier alpha value is -2.04. The molecule has 2 rings (SSSR count). The fourth-order valence-corrected chi connectivity index (χ4v) is 2.37. The molecule has 0 fully saturated rings. The van der Waals surface area contributed by atoms with Crippen LogP contribution in [0.3, 0.4) is 0 Å². The first-order valence-corrected chi connectivity index (χ1v) is 6.69. The SMILES string of the molecule is COC(=O)C(COc1ccc2c(c1)CCC2)NC(C)=O. The van der Waals surface area contributed by atoms with E-state index in [4.69, 9.17) is 4.74 Å². The van der Waals surface area contributed by atoms with Crippen LogP contribution < -0.4 is 10.1 Å². The quantitative estimate of drug-likeness (QED) is 0.822. The van der Waals surface area contributed by atoms with E-state index in [9.17, 15) is 9.59 Å². The highest BCUT2D eigenvalue weighted by Crippen LogP contribution is 2.26. The van der Waals surface area contributed by atoms with Gasteiger partial charge in [-0.3, -0.25) is 4.79 Å². The lowest BCUT2D eigenvalue weighted by atomic mass is 10.1. The molecule has 108 valence electrons. The van der Waals surface area contributed by atoms with Gasteiger partial charge in [-0.1, -0.05) is 6.07 Å². The molecule has 0 heterocycles. The standard InChI is InChI=1S/C15H19NO4/c1-10(17)16-14(15(18)19-2)9-20-13-7-6-11-4-3-5-12(11)8-13/h6-8,14H,3-5,9H2,1-2H3,(H,16,17). The summed E-state index contributed by atoms with van der Waals surface area (Å²) in [4.78, 5) is 22.6. The zero-order chi connectivity index (χ0) is 14.5. The van der Waals surface area contributed by atoms with Gasteiger partial charge < -0.3 is 14.8 Å². The van der Waals surface area contributed by atoms with Gasteiger partial charge in [0.25, 0.3) is 0 Å². The van der Waals surface area contributed by atoms with Gasteiger partial charge in [-0.2, -0.15) is 0 Å². The summed E-state index contributed by atoms with van der Waals surface area (Å²) in [7, 11) is 1.28. The maximum absolute atomic E-state index is 11.5. The highest BCUT2D eigenvalue weighted by Gasteiger charge is 2.21. The molecule has 0 radical (unpaired) electrons. The van der Waals surface area contributed by atoms with E-state index in [-0.39, 0.29) is 12.5 Å². The number of hydrogen-bond donors (Lipinski definition) is 1. The fourth-order valence-electron chi connectivity index (χ4n) is 2.37. The van der Waals surface area contributed by atoms with E-state index in [0.717, 1.165) is 12.8 Å². The molecule has 0 spiro atoms. The van der Waals surface area contributed by atoms with Gasteiger partial charge in [0.2, 0.25) is 5.91 Å². The molecule has 0 bridgehead atoms. The van der Waals surface area contributed by atoms with Gasteiger partial charge in [-0.05, 0) is 42.5 Å². The van der Waals surface area contributed by atoms with E-state index < -0.39 is 12.0 Å². The summed E-state index contributed by atoms with van der Waals surface area (Å²) in [6.07, 6.45) is 3.36. The third kappa shape index (κ3) is 3.50. The van der Waals surface area contributed by atoms with E-state index >= 15 is 0 Å². The number of ether oxygens (including phenoxy) is 2. The second-order valence-corrected chi connectivity index (χ2v) is 4.87. The molecular formula is C15H19NO4. The number of aryl methyl sites for hydroxylation is 2. The zero-order valence-electron chi connectivity index (χ0n) is 11.8. The monoisotopic (exact) mass is 277 g/mol. The fraction of sp³-hybridized carbons (Fsp3) is 0.467. The Kier molecular flexibility index (Phi) is 4.61. The van der Waals surface area contributed by atoms with Crippen molar-refractivity contribution < 1.29 is 19.1 Å². The lowest BCUT2D eigenvalue weighted by Gasteiger charge is -2.16. The molecule has 0 aromatic heterocycles. The Balaban J connectivity index is 1.98. The summed E-state index contributed by atoms with van der Waals surface area (Å²) in [5.74, 6) is -0.0933. The first kappa shape index (κ1) is 14.4. The van der Waals surface area contributed by atoms with Gasteiger partial charge in [-0.25, -0.2) is 4.79 Å². The molecule has 1 N–H and O–H groups in total. The number of fused-ring (bicyclic) bond motifs is 1. The van der Waals surface area contributed by atoms with Gasteiger partial charge in [-0.15, -0.1) is 0 Å². The number of amides is 1. The number of rotatable bonds is 5. The largest absolute Gasteiger partial charge is 0.491 e. The van der Waals surface area contributed by atoms with E-state index in [1.807, 2.05) is 12.1 Å². The van der Waals surface area contributed by atoms with E-state index in [0.29, 0.717) is 5.75 Å². The Bertz CT molecular complexity index is 513. The summed E-state index contributed by atoms with van der Waals surface area (Å²) >= 11 is 0. The molecule has 0 saturated carbocycles. The molecule has 1 aromatic rings.